The topological polar surface area (TPSA) is 80.9 Å². The van der Waals surface area contributed by atoms with Gasteiger partial charge in [-0.3, -0.25) is 4.79 Å². The molecule has 0 aliphatic carbocycles. The van der Waals surface area contributed by atoms with E-state index < -0.39 is 0 Å². The van der Waals surface area contributed by atoms with Crippen LogP contribution >= 0.6 is 0 Å². The largest absolute Gasteiger partial charge is 0.383 e. The second-order valence-electron chi connectivity index (χ2n) is 3.86. The number of nitrogen functional groups attached to an aromatic ring is 1. The first kappa shape index (κ1) is 12.9. The Morgan fingerprint density at radius 2 is 2.05 bits per heavy atom. The number of hydrogen-bond acceptors (Lipinski definition) is 4. The first-order valence-corrected chi connectivity index (χ1v) is 5.78. The fourth-order valence-corrected chi connectivity index (χ4v) is 1.56. The number of nitrogens with zero attached hydrogens (tertiary/aromatic N) is 2. The third kappa shape index (κ3) is 2.85. The van der Waals surface area contributed by atoms with Gasteiger partial charge in [-0.25, -0.2) is 14.4 Å². The lowest BCUT2D eigenvalue weighted by atomic mass is 10.2. The van der Waals surface area contributed by atoms with E-state index in [1.54, 1.807) is 12.1 Å². The molecule has 0 spiro atoms. The van der Waals surface area contributed by atoms with Crippen LogP contribution in [0.2, 0.25) is 0 Å². The van der Waals surface area contributed by atoms with Gasteiger partial charge in [0.05, 0.1) is 5.56 Å². The van der Waals surface area contributed by atoms with Crippen LogP contribution in [0.1, 0.15) is 17.3 Å². The Morgan fingerprint density at radius 1 is 1.37 bits per heavy atom. The predicted octanol–water partition coefficient (Wildman–Crippen LogP) is 1.61. The third-order valence-electron chi connectivity index (χ3n) is 2.50. The number of benzene rings is 1. The van der Waals surface area contributed by atoms with Gasteiger partial charge in [-0.1, -0.05) is 0 Å². The van der Waals surface area contributed by atoms with Crippen molar-refractivity contribution in [1.29, 1.82) is 0 Å². The van der Waals surface area contributed by atoms with Crippen molar-refractivity contribution in [2.45, 2.75) is 6.92 Å². The Labute approximate surface area is 109 Å². The van der Waals surface area contributed by atoms with Gasteiger partial charge >= 0.3 is 0 Å². The van der Waals surface area contributed by atoms with Gasteiger partial charge in [-0.15, -0.1) is 0 Å². The van der Waals surface area contributed by atoms with E-state index in [0.29, 0.717) is 17.9 Å². The van der Waals surface area contributed by atoms with Gasteiger partial charge in [0.15, 0.2) is 5.82 Å². The zero-order valence-corrected chi connectivity index (χ0v) is 10.4. The van der Waals surface area contributed by atoms with E-state index in [0.717, 1.165) is 0 Å². The van der Waals surface area contributed by atoms with Gasteiger partial charge in [0.25, 0.3) is 5.91 Å². The highest BCUT2D eigenvalue weighted by atomic mass is 19.1. The molecule has 0 saturated carbocycles. The summed E-state index contributed by atoms with van der Waals surface area (Å²) in [5.41, 5.74) is 6.60. The Balaban J connectivity index is 2.33. The molecule has 0 saturated heterocycles. The standard InChI is InChI=1S/C13H13FN4O/c1-2-16-13(19)10-7-17-12(18-11(10)15)8-3-5-9(14)6-4-8/h3-7H,2H2,1H3,(H,16,19)(H2,15,17,18). The molecule has 0 radical (unpaired) electrons. The number of aromatic nitrogens is 2. The maximum Gasteiger partial charge on any atom is 0.256 e. The number of nitrogens with one attached hydrogen (secondary N) is 1. The summed E-state index contributed by atoms with van der Waals surface area (Å²) >= 11 is 0. The Morgan fingerprint density at radius 3 is 2.63 bits per heavy atom. The number of carbonyl (C=O) groups is 1. The summed E-state index contributed by atoms with van der Waals surface area (Å²) in [6.45, 7) is 2.31. The molecule has 1 amide bonds. The van der Waals surface area contributed by atoms with Crippen LogP contribution < -0.4 is 11.1 Å². The second-order valence-corrected chi connectivity index (χ2v) is 3.86. The van der Waals surface area contributed by atoms with E-state index in [1.165, 1.54) is 18.3 Å². The van der Waals surface area contributed by atoms with Crippen LogP contribution in [0.3, 0.4) is 0 Å². The molecule has 1 heterocycles. The molecule has 0 fully saturated rings. The van der Waals surface area contributed by atoms with Crippen LogP contribution in [0.4, 0.5) is 10.2 Å². The van der Waals surface area contributed by atoms with Gasteiger partial charge in [-0.05, 0) is 31.2 Å². The van der Waals surface area contributed by atoms with Gasteiger partial charge in [0.1, 0.15) is 11.6 Å². The van der Waals surface area contributed by atoms with E-state index in [-0.39, 0.29) is 23.1 Å². The molecule has 0 unspecified atom stereocenters. The molecule has 0 aliphatic rings. The van der Waals surface area contributed by atoms with E-state index in [1.807, 2.05) is 6.92 Å². The molecule has 6 heteroatoms. The SMILES string of the molecule is CCNC(=O)c1cnc(-c2ccc(F)cc2)nc1N. The predicted molar refractivity (Wildman–Crippen MR) is 69.8 cm³/mol. The summed E-state index contributed by atoms with van der Waals surface area (Å²) < 4.78 is 12.8. The van der Waals surface area contributed by atoms with Crippen molar-refractivity contribution in [1.82, 2.24) is 15.3 Å². The maximum atomic E-state index is 12.8. The number of hydrogen-bond donors (Lipinski definition) is 2. The van der Waals surface area contributed by atoms with Crippen molar-refractivity contribution in [2.75, 3.05) is 12.3 Å². The van der Waals surface area contributed by atoms with Crippen molar-refractivity contribution in [3.63, 3.8) is 0 Å². The van der Waals surface area contributed by atoms with Gasteiger partial charge in [0, 0.05) is 18.3 Å². The number of rotatable bonds is 3. The number of nitrogens with two attached hydrogens (primary N) is 1. The first-order chi connectivity index (χ1) is 9.11. The quantitative estimate of drug-likeness (QED) is 0.878. The monoisotopic (exact) mass is 260 g/mol. The van der Waals surface area contributed by atoms with E-state index >= 15 is 0 Å². The summed E-state index contributed by atoms with van der Waals surface area (Å²) in [4.78, 5) is 19.8. The zero-order chi connectivity index (χ0) is 13.8. The molecule has 19 heavy (non-hydrogen) atoms. The lowest BCUT2D eigenvalue weighted by molar-refractivity contribution is 0.0956. The van der Waals surface area contributed by atoms with Crippen LogP contribution in [0.25, 0.3) is 11.4 Å². The summed E-state index contributed by atoms with van der Waals surface area (Å²) in [5, 5.41) is 2.62. The molecule has 98 valence electrons. The van der Waals surface area contributed by atoms with Crippen molar-refractivity contribution >= 4 is 11.7 Å². The number of anilines is 1. The lowest BCUT2D eigenvalue weighted by Gasteiger charge is -2.06. The molecule has 1 aromatic heterocycles. The fourth-order valence-electron chi connectivity index (χ4n) is 1.56. The minimum Gasteiger partial charge on any atom is -0.383 e. The normalized spacial score (nSPS) is 10.2. The highest BCUT2D eigenvalue weighted by Crippen LogP contribution is 2.17. The number of carbonyl (C=O) groups excluding carboxylic acids is 1. The van der Waals surface area contributed by atoms with E-state index in [9.17, 15) is 9.18 Å². The molecule has 0 aliphatic heterocycles. The van der Waals surface area contributed by atoms with Gasteiger partial charge in [-0.2, -0.15) is 0 Å². The van der Waals surface area contributed by atoms with Crippen molar-refractivity contribution < 1.29 is 9.18 Å². The van der Waals surface area contributed by atoms with Gasteiger partial charge in [0.2, 0.25) is 0 Å². The number of halogens is 1. The molecule has 1 aromatic carbocycles. The minimum atomic E-state index is -0.337. The summed E-state index contributed by atoms with van der Waals surface area (Å²) in [5.74, 6) is -0.202. The lowest BCUT2D eigenvalue weighted by Crippen LogP contribution is -2.24. The molecular formula is C13H13FN4O. The molecule has 2 rings (SSSR count). The molecule has 5 nitrogen and oxygen atoms in total. The smallest absolute Gasteiger partial charge is 0.256 e. The van der Waals surface area contributed by atoms with Crippen molar-refractivity contribution in [2.24, 2.45) is 0 Å². The average Bonchev–Trinajstić information content (AvgIpc) is 2.39. The van der Waals surface area contributed by atoms with E-state index in [2.05, 4.69) is 15.3 Å². The molecule has 3 N–H and O–H groups in total. The fraction of sp³-hybridized carbons (Fsp3) is 0.154. The summed E-state index contributed by atoms with van der Waals surface area (Å²) in [6, 6.07) is 5.73. The zero-order valence-electron chi connectivity index (χ0n) is 10.4. The second kappa shape index (κ2) is 5.43. The summed E-state index contributed by atoms with van der Waals surface area (Å²) in [7, 11) is 0. The Kier molecular flexibility index (Phi) is 3.70. The van der Waals surface area contributed by atoms with Crippen LogP contribution in [-0.4, -0.2) is 22.4 Å². The van der Waals surface area contributed by atoms with E-state index in [4.69, 9.17) is 5.73 Å². The Hall–Kier alpha value is -2.50. The minimum absolute atomic E-state index is 0.0975. The summed E-state index contributed by atoms with van der Waals surface area (Å²) in [6.07, 6.45) is 1.37. The highest BCUT2D eigenvalue weighted by Gasteiger charge is 2.12. The van der Waals surface area contributed by atoms with Crippen LogP contribution in [0, 0.1) is 5.82 Å². The van der Waals surface area contributed by atoms with Crippen molar-refractivity contribution in [3.05, 3.63) is 41.8 Å². The van der Waals surface area contributed by atoms with Crippen molar-refractivity contribution in [3.8, 4) is 11.4 Å². The maximum absolute atomic E-state index is 12.8. The highest BCUT2D eigenvalue weighted by molar-refractivity contribution is 5.98. The van der Waals surface area contributed by atoms with Crippen LogP contribution in [-0.2, 0) is 0 Å². The first-order valence-electron chi connectivity index (χ1n) is 5.78. The average molecular weight is 260 g/mol. The van der Waals surface area contributed by atoms with Crippen LogP contribution in [0.15, 0.2) is 30.5 Å². The van der Waals surface area contributed by atoms with Gasteiger partial charge < -0.3 is 11.1 Å². The molecule has 0 bridgehead atoms. The molecule has 0 atom stereocenters. The molecular weight excluding hydrogens is 247 g/mol. The van der Waals surface area contributed by atoms with Crippen LogP contribution in [0.5, 0.6) is 0 Å². The Bertz CT molecular complexity index is 598. The third-order valence-corrected chi connectivity index (χ3v) is 2.50. The number of amides is 1. The molecule has 2 aromatic rings.